The lowest BCUT2D eigenvalue weighted by Crippen LogP contribution is -2.22. The normalized spacial score (nSPS) is 12.9. The first-order valence-electron chi connectivity index (χ1n) is 6.53. The summed E-state index contributed by atoms with van der Waals surface area (Å²) >= 11 is 5.92. The van der Waals surface area contributed by atoms with Gasteiger partial charge in [0.2, 0.25) is 0 Å². The van der Waals surface area contributed by atoms with E-state index in [4.69, 9.17) is 0 Å². The maximum atomic E-state index is 4.40. The van der Waals surface area contributed by atoms with E-state index in [1.54, 1.807) is 6.33 Å². The highest BCUT2D eigenvalue weighted by atomic mass is 127. The lowest BCUT2D eigenvalue weighted by atomic mass is 10.0. The molecule has 0 aliphatic carbocycles. The van der Waals surface area contributed by atoms with Gasteiger partial charge in [-0.1, -0.05) is 15.9 Å². The van der Waals surface area contributed by atoms with E-state index in [0.29, 0.717) is 6.04 Å². The van der Waals surface area contributed by atoms with Gasteiger partial charge in [-0.2, -0.15) is 5.10 Å². The first-order chi connectivity index (χ1) is 9.52. The zero-order valence-corrected chi connectivity index (χ0v) is 15.5. The second-order valence-electron chi connectivity index (χ2n) is 4.93. The van der Waals surface area contributed by atoms with Crippen molar-refractivity contribution in [2.45, 2.75) is 32.4 Å². The monoisotopic (exact) mass is 448 g/mol. The summed E-state index contributed by atoms with van der Waals surface area (Å²) < 4.78 is 4.33. The quantitative estimate of drug-likeness (QED) is 0.708. The summed E-state index contributed by atoms with van der Waals surface area (Å²) in [6.45, 7) is 4.24. The van der Waals surface area contributed by atoms with Crippen molar-refractivity contribution >= 4 is 38.5 Å². The molecule has 0 radical (unpaired) electrons. The molecule has 2 rings (SSSR count). The molecule has 1 aromatic carbocycles. The van der Waals surface area contributed by atoms with Gasteiger partial charge in [-0.25, -0.2) is 9.67 Å². The largest absolute Gasteiger partial charge is 0.313 e. The zero-order chi connectivity index (χ0) is 14.7. The zero-order valence-electron chi connectivity index (χ0n) is 11.8. The van der Waals surface area contributed by atoms with Gasteiger partial charge in [0.05, 0.1) is 0 Å². The van der Waals surface area contributed by atoms with E-state index in [1.165, 1.54) is 9.13 Å². The van der Waals surface area contributed by atoms with Crippen LogP contribution >= 0.6 is 38.5 Å². The summed E-state index contributed by atoms with van der Waals surface area (Å²) in [4.78, 5) is 4.40. The first-order valence-corrected chi connectivity index (χ1v) is 8.40. The Labute approximate surface area is 141 Å². The van der Waals surface area contributed by atoms with Crippen molar-refractivity contribution in [2.24, 2.45) is 0 Å². The molecule has 1 N–H and O–H groups in total. The van der Waals surface area contributed by atoms with Gasteiger partial charge in [-0.15, -0.1) is 0 Å². The highest BCUT2D eigenvalue weighted by molar-refractivity contribution is 14.1. The smallest absolute Gasteiger partial charge is 0.138 e. The van der Waals surface area contributed by atoms with E-state index in [0.717, 1.165) is 16.7 Å². The Morgan fingerprint density at radius 2 is 2.15 bits per heavy atom. The predicted octanol–water partition coefficient (Wildman–Crippen LogP) is 3.73. The van der Waals surface area contributed by atoms with Gasteiger partial charge in [0.25, 0.3) is 0 Å². The Hall–Kier alpha value is -0.470. The van der Waals surface area contributed by atoms with Crippen molar-refractivity contribution in [2.75, 3.05) is 7.05 Å². The maximum absolute atomic E-state index is 4.40. The number of likely N-dealkylation sites (N-methyl/N-ethyl adjacent to an activating group) is 1. The molecule has 0 spiro atoms. The molecular formula is C14H18BrIN4. The predicted molar refractivity (Wildman–Crippen MR) is 92.8 cm³/mol. The molecule has 0 aliphatic rings. The molecule has 1 heterocycles. The van der Waals surface area contributed by atoms with Crippen molar-refractivity contribution in [3.05, 3.63) is 44.0 Å². The third-order valence-electron chi connectivity index (χ3n) is 3.21. The third kappa shape index (κ3) is 3.59. The summed E-state index contributed by atoms with van der Waals surface area (Å²) in [6, 6.07) is 6.90. The van der Waals surface area contributed by atoms with Gasteiger partial charge < -0.3 is 5.32 Å². The van der Waals surface area contributed by atoms with Crippen molar-refractivity contribution in [3.8, 4) is 0 Å². The SMILES string of the molecule is CNC(Cc1ncnn1C(C)C)c1cc(Br)ccc1I. The number of hydrogen-bond acceptors (Lipinski definition) is 3. The van der Waals surface area contributed by atoms with Crippen LogP contribution in [0.15, 0.2) is 29.0 Å². The van der Waals surface area contributed by atoms with Crippen LogP contribution in [-0.4, -0.2) is 21.8 Å². The minimum Gasteiger partial charge on any atom is -0.313 e. The lowest BCUT2D eigenvalue weighted by molar-refractivity contribution is 0.477. The number of hydrogen-bond donors (Lipinski definition) is 1. The van der Waals surface area contributed by atoms with Crippen LogP contribution in [0.2, 0.25) is 0 Å². The fraction of sp³-hybridized carbons (Fsp3) is 0.429. The van der Waals surface area contributed by atoms with Crippen LogP contribution in [0.3, 0.4) is 0 Å². The van der Waals surface area contributed by atoms with Crippen LogP contribution in [0.25, 0.3) is 0 Å². The van der Waals surface area contributed by atoms with Gasteiger partial charge in [0.15, 0.2) is 0 Å². The van der Waals surface area contributed by atoms with Gasteiger partial charge in [0.1, 0.15) is 12.2 Å². The van der Waals surface area contributed by atoms with Crippen molar-refractivity contribution < 1.29 is 0 Å². The minimum atomic E-state index is 0.223. The number of aromatic nitrogens is 3. The molecule has 0 amide bonds. The molecule has 2 aromatic rings. The Balaban J connectivity index is 2.29. The van der Waals surface area contributed by atoms with E-state index in [-0.39, 0.29) is 6.04 Å². The van der Waals surface area contributed by atoms with E-state index >= 15 is 0 Å². The topological polar surface area (TPSA) is 42.7 Å². The number of benzene rings is 1. The average molecular weight is 449 g/mol. The lowest BCUT2D eigenvalue weighted by Gasteiger charge is -2.19. The highest BCUT2D eigenvalue weighted by Gasteiger charge is 2.18. The average Bonchev–Trinajstić information content (AvgIpc) is 2.87. The standard InChI is InChI=1S/C14H18BrIN4/c1-9(2)20-14(18-8-19-20)7-13(17-3)11-6-10(15)4-5-12(11)16/h4-6,8-9,13,17H,7H2,1-3H3. The molecule has 6 heteroatoms. The summed E-state index contributed by atoms with van der Waals surface area (Å²) in [5.74, 6) is 1.01. The fourth-order valence-electron chi connectivity index (χ4n) is 2.18. The Kier molecular flexibility index (Phi) is 5.57. The molecule has 1 unspecified atom stereocenters. The van der Waals surface area contributed by atoms with Crippen LogP contribution < -0.4 is 5.32 Å². The molecule has 108 valence electrons. The second kappa shape index (κ2) is 7.00. The molecule has 1 aromatic heterocycles. The van der Waals surface area contributed by atoms with E-state index < -0.39 is 0 Å². The Bertz CT molecular complexity index is 582. The molecule has 0 aliphatic heterocycles. The second-order valence-corrected chi connectivity index (χ2v) is 7.00. The van der Waals surface area contributed by atoms with Crippen LogP contribution in [0.4, 0.5) is 0 Å². The molecule has 0 bridgehead atoms. The summed E-state index contributed by atoms with van der Waals surface area (Å²) in [7, 11) is 1.98. The summed E-state index contributed by atoms with van der Waals surface area (Å²) in [6.07, 6.45) is 2.45. The Morgan fingerprint density at radius 1 is 1.40 bits per heavy atom. The van der Waals surface area contributed by atoms with Crippen LogP contribution in [-0.2, 0) is 6.42 Å². The Morgan fingerprint density at radius 3 is 2.80 bits per heavy atom. The van der Waals surface area contributed by atoms with Crippen molar-refractivity contribution in [3.63, 3.8) is 0 Å². The third-order valence-corrected chi connectivity index (χ3v) is 4.68. The number of nitrogens with one attached hydrogen (secondary N) is 1. The van der Waals surface area contributed by atoms with Gasteiger partial charge in [-0.05, 0) is 67.2 Å². The molecule has 20 heavy (non-hydrogen) atoms. The summed E-state index contributed by atoms with van der Waals surface area (Å²) in [5, 5.41) is 7.69. The highest BCUT2D eigenvalue weighted by Crippen LogP contribution is 2.26. The molecular weight excluding hydrogens is 431 g/mol. The molecule has 0 saturated carbocycles. The van der Waals surface area contributed by atoms with Crippen LogP contribution in [0, 0.1) is 3.57 Å². The van der Waals surface area contributed by atoms with Crippen molar-refractivity contribution in [1.82, 2.24) is 20.1 Å². The van der Waals surface area contributed by atoms with Crippen LogP contribution in [0.5, 0.6) is 0 Å². The van der Waals surface area contributed by atoms with Gasteiger partial charge in [-0.3, -0.25) is 0 Å². The molecule has 1 atom stereocenters. The molecule has 0 saturated heterocycles. The van der Waals surface area contributed by atoms with Crippen molar-refractivity contribution in [1.29, 1.82) is 0 Å². The first kappa shape index (κ1) is 15.9. The number of nitrogens with zero attached hydrogens (tertiary/aromatic N) is 3. The number of halogens is 2. The minimum absolute atomic E-state index is 0.223. The van der Waals surface area contributed by atoms with E-state index in [9.17, 15) is 0 Å². The van der Waals surface area contributed by atoms with Gasteiger partial charge in [0, 0.05) is 26.5 Å². The van der Waals surface area contributed by atoms with E-state index in [1.807, 2.05) is 11.7 Å². The molecule has 0 fully saturated rings. The van der Waals surface area contributed by atoms with Gasteiger partial charge >= 0.3 is 0 Å². The van der Waals surface area contributed by atoms with Crippen LogP contribution in [0.1, 0.15) is 37.3 Å². The van der Waals surface area contributed by atoms with E-state index in [2.05, 4.69) is 86.0 Å². The fourth-order valence-corrected chi connectivity index (χ4v) is 3.27. The molecule has 4 nitrogen and oxygen atoms in total. The number of rotatable bonds is 5. The summed E-state index contributed by atoms with van der Waals surface area (Å²) in [5.41, 5.74) is 1.28. The maximum Gasteiger partial charge on any atom is 0.138 e.